The Kier molecular flexibility index (Phi) is 4.88. The Balaban J connectivity index is 1.75. The number of non-ortho nitro benzene ring substituents is 1. The summed E-state index contributed by atoms with van der Waals surface area (Å²) in [6, 6.07) is 12.5. The number of allylic oxidation sites excluding steroid dienone is 1. The van der Waals surface area contributed by atoms with Crippen molar-refractivity contribution in [2.24, 2.45) is 0 Å². The average molecular weight is 406 g/mol. The van der Waals surface area contributed by atoms with E-state index in [0.717, 1.165) is 0 Å². The van der Waals surface area contributed by atoms with E-state index in [1.165, 1.54) is 25.6 Å². The lowest BCUT2D eigenvalue weighted by molar-refractivity contribution is -0.384. The van der Waals surface area contributed by atoms with Crippen LogP contribution in [0.25, 0.3) is 0 Å². The molecule has 1 amide bonds. The first-order chi connectivity index (χ1) is 14.5. The van der Waals surface area contributed by atoms with E-state index < -0.39 is 11.0 Å². The average Bonchev–Trinajstić information content (AvgIpc) is 3.21. The van der Waals surface area contributed by atoms with E-state index in [4.69, 9.17) is 4.74 Å². The van der Waals surface area contributed by atoms with Crippen molar-refractivity contribution in [2.45, 2.75) is 13.0 Å². The van der Waals surface area contributed by atoms with Crippen LogP contribution in [0.15, 0.2) is 66.1 Å². The molecule has 1 atom stereocenters. The van der Waals surface area contributed by atoms with Gasteiger partial charge in [0.05, 0.1) is 23.3 Å². The number of ether oxygens (including phenoxy) is 1. The van der Waals surface area contributed by atoms with E-state index in [0.29, 0.717) is 34.2 Å². The minimum Gasteiger partial charge on any atom is -0.495 e. The number of nitro groups is 1. The zero-order chi connectivity index (χ0) is 21.3. The number of nitrogens with one attached hydrogen (secondary N) is 2. The van der Waals surface area contributed by atoms with E-state index in [1.807, 2.05) is 6.07 Å². The molecule has 10 nitrogen and oxygen atoms in total. The van der Waals surface area contributed by atoms with Crippen LogP contribution >= 0.6 is 0 Å². The second-order valence-electron chi connectivity index (χ2n) is 6.60. The molecular weight excluding hydrogens is 388 g/mol. The summed E-state index contributed by atoms with van der Waals surface area (Å²) in [6.07, 6.45) is 1.38. The first-order valence-corrected chi connectivity index (χ1v) is 9.05. The third kappa shape index (κ3) is 3.34. The lowest BCUT2D eigenvalue weighted by atomic mass is 9.95. The third-order valence-electron chi connectivity index (χ3n) is 4.81. The summed E-state index contributed by atoms with van der Waals surface area (Å²) in [7, 11) is 1.53. The van der Waals surface area contributed by atoms with Gasteiger partial charge in [-0.3, -0.25) is 14.9 Å². The maximum atomic E-state index is 13.3. The monoisotopic (exact) mass is 406 g/mol. The van der Waals surface area contributed by atoms with Crippen molar-refractivity contribution < 1.29 is 14.5 Å². The van der Waals surface area contributed by atoms with Gasteiger partial charge in [-0.05, 0) is 36.8 Å². The molecule has 3 aromatic rings. The maximum absolute atomic E-state index is 13.3. The van der Waals surface area contributed by atoms with Crippen LogP contribution in [0.1, 0.15) is 18.5 Å². The van der Waals surface area contributed by atoms with Gasteiger partial charge in [0.1, 0.15) is 18.1 Å². The molecule has 0 bridgehead atoms. The standard InChI is InChI=1S/C20H18N6O4/c1-12-17(19(27)24-15-5-3-4-6-16(15)30-2)18(25-20(23-12)21-11-22-25)13-7-9-14(10-8-13)26(28)29/h3-11,18H,1-2H3,(H,24,27)(H,21,22,23). The van der Waals surface area contributed by atoms with Crippen LogP contribution in [0, 0.1) is 10.1 Å². The van der Waals surface area contributed by atoms with Gasteiger partial charge in [0, 0.05) is 17.8 Å². The van der Waals surface area contributed by atoms with E-state index in [-0.39, 0.29) is 11.6 Å². The highest BCUT2D eigenvalue weighted by molar-refractivity contribution is 6.06. The van der Waals surface area contributed by atoms with Gasteiger partial charge in [-0.2, -0.15) is 10.1 Å². The fourth-order valence-electron chi connectivity index (χ4n) is 3.41. The Labute approximate surface area is 171 Å². The second kappa shape index (κ2) is 7.66. The highest BCUT2D eigenvalue weighted by Gasteiger charge is 2.33. The molecule has 4 rings (SSSR count). The summed E-state index contributed by atoms with van der Waals surface area (Å²) in [6.45, 7) is 1.77. The third-order valence-corrected chi connectivity index (χ3v) is 4.81. The number of amides is 1. The number of fused-ring (bicyclic) bond motifs is 1. The molecule has 0 fully saturated rings. The maximum Gasteiger partial charge on any atom is 0.269 e. The number of anilines is 2. The van der Waals surface area contributed by atoms with Crippen molar-refractivity contribution in [1.29, 1.82) is 0 Å². The minimum absolute atomic E-state index is 0.0350. The largest absolute Gasteiger partial charge is 0.495 e. The molecule has 1 aromatic heterocycles. The number of benzene rings is 2. The fourth-order valence-corrected chi connectivity index (χ4v) is 3.41. The Morgan fingerprint density at radius 1 is 1.23 bits per heavy atom. The summed E-state index contributed by atoms with van der Waals surface area (Å²) in [5.74, 6) is 0.653. The molecule has 0 aliphatic carbocycles. The number of rotatable bonds is 5. The van der Waals surface area contributed by atoms with Gasteiger partial charge in [0.15, 0.2) is 0 Å². The van der Waals surface area contributed by atoms with Crippen molar-refractivity contribution in [3.63, 3.8) is 0 Å². The molecular formula is C20H18N6O4. The first-order valence-electron chi connectivity index (χ1n) is 9.05. The van der Waals surface area contributed by atoms with Gasteiger partial charge in [0.25, 0.3) is 11.6 Å². The Hall–Kier alpha value is -4.21. The van der Waals surface area contributed by atoms with Gasteiger partial charge in [-0.15, -0.1) is 0 Å². The molecule has 1 unspecified atom stereocenters. The SMILES string of the molecule is COc1ccccc1NC(=O)C1=C(C)Nc2ncnn2C1c1ccc([N+](=O)[O-])cc1. The molecule has 2 heterocycles. The summed E-state index contributed by atoms with van der Waals surface area (Å²) in [4.78, 5) is 28.0. The second-order valence-corrected chi connectivity index (χ2v) is 6.60. The quantitative estimate of drug-likeness (QED) is 0.493. The Morgan fingerprint density at radius 3 is 2.67 bits per heavy atom. The molecule has 30 heavy (non-hydrogen) atoms. The van der Waals surface area contributed by atoms with E-state index in [1.54, 1.807) is 41.9 Å². The zero-order valence-electron chi connectivity index (χ0n) is 16.2. The number of carbonyl (C=O) groups excluding carboxylic acids is 1. The predicted octanol–water partition coefficient (Wildman–Crippen LogP) is 3.12. The predicted molar refractivity (Wildman–Crippen MR) is 109 cm³/mol. The number of aromatic nitrogens is 3. The smallest absolute Gasteiger partial charge is 0.269 e. The fraction of sp³-hybridized carbons (Fsp3) is 0.150. The van der Waals surface area contributed by atoms with Gasteiger partial charge >= 0.3 is 0 Å². The number of hydrogen-bond acceptors (Lipinski definition) is 7. The Morgan fingerprint density at radius 2 is 1.97 bits per heavy atom. The van der Waals surface area contributed by atoms with Crippen molar-refractivity contribution in [3.05, 3.63) is 81.8 Å². The molecule has 0 saturated carbocycles. The normalized spacial score (nSPS) is 15.2. The van der Waals surface area contributed by atoms with Gasteiger partial charge < -0.3 is 15.4 Å². The van der Waals surface area contributed by atoms with Crippen molar-refractivity contribution in [2.75, 3.05) is 17.7 Å². The van der Waals surface area contributed by atoms with Crippen molar-refractivity contribution >= 4 is 23.2 Å². The van der Waals surface area contributed by atoms with Gasteiger partial charge in [0.2, 0.25) is 5.95 Å². The van der Waals surface area contributed by atoms with Gasteiger partial charge in [-0.1, -0.05) is 12.1 Å². The van der Waals surface area contributed by atoms with Crippen LogP contribution in [-0.2, 0) is 4.79 Å². The van der Waals surface area contributed by atoms with Crippen LogP contribution in [0.2, 0.25) is 0 Å². The number of para-hydroxylation sites is 2. The van der Waals surface area contributed by atoms with Crippen LogP contribution in [0.3, 0.4) is 0 Å². The van der Waals surface area contributed by atoms with Gasteiger partial charge in [-0.25, -0.2) is 4.68 Å². The number of nitrogens with zero attached hydrogens (tertiary/aromatic N) is 4. The highest BCUT2D eigenvalue weighted by Crippen LogP contribution is 2.36. The van der Waals surface area contributed by atoms with Crippen LogP contribution in [0.4, 0.5) is 17.3 Å². The number of hydrogen-bond donors (Lipinski definition) is 2. The van der Waals surface area contributed by atoms with E-state index in [2.05, 4.69) is 20.7 Å². The molecule has 1 aliphatic heterocycles. The molecule has 0 spiro atoms. The van der Waals surface area contributed by atoms with E-state index >= 15 is 0 Å². The summed E-state index contributed by atoms with van der Waals surface area (Å²) in [5, 5.41) is 21.2. The van der Waals surface area contributed by atoms with Crippen LogP contribution in [0.5, 0.6) is 5.75 Å². The van der Waals surface area contributed by atoms with Crippen LogP contribution < -0.4 is 15.4 Å². The van der Waals surface area contributed by atoms with E-state index in [9.17, 15) is 14.9 Å². The molecule has 2 N–H and O–H groups in total. The molecule has 1 aliphatic rings. The van der Waals surface area contributed by atoms with Crippen LogP contribution in [-0.4, -0.2) is 32.7 Å². The summed E-state index contributed by atoms with van der Waals surface area (Å²) >= 11 is 0. The minimum atomic E-state index is -0.612. The number of nitro benzene ring substituents is 1. The number of methoxy groups -OCH3 is 1. The molecule has 10 heteroatoms. The topological polar surface area (TPSA) is 124 Å². The summed E-state index contributed by atoms with van der Waals surface area (Å²) in [5.41, 5.74) is 2.17. The van der Waals surface area contributed by atoms with Crippen molar-refractivity contribution in [3.8, 4) is 5.75 Å². The molecule has 0 saturated heterocycles. The molecule has 152 valence electrons. The molecule has 2 aromatic carbocycles. The number of carbonyl (C=O) groups is 1. The lowest BCUT2D eigenvalue weighted by Gasteiger charge is -2.28. The first kappa shape index (κ1) is 19.1. The lowest BCUT2D eigenvalue weighted by Crippen LogP contribution is -2.31. The summed E-state index contributed by atoms with van der Waals surface area (Å²) < 4.78 is 6.89. The van der Waals surface area contributed by atoms with Crippen molar-refractivity contribution in [1.82, 2.24) is 14.8 Å². The zero-order valence-corrected chi connectivity index (χ0v) is 16.2. The molecule has 0 radical (unpaired) electrons. The highest BCUT2D eigenvalue weighted by atomic mass is 16.6. The Bertz CT molecular complexity index is 1150.